The summed E-state index contributed by atoms with van der Waals surface area (Å²) >= 11 is 0. The topological polar surface area (TPSA) is 38.0 Å². The molecule has 1 aliphatic rings. The Balaban J connectivity index is 2.24. The van der Waals surface area contributed by atoms with Crippen LogP contribution in [0.3, 0.4) is 0 Å². The largest absolute Gasteiger partial charge is 0.271 e. The van der Waals surface area contributed by atoms with E-state index >= 15 is 0 Å². The Morgan fingerprint density at radius 2 is 2.06 bits per heavy atom. The predicted molar refractivity (Wildman–Crippen MR) is 77.1 cm³/mol. The van der Waals surface area contributed by atoms with Crippen LogP contribution in [0.4, 0.5) is 0 Å². The average molecular weight is 246 g/mol. The van der Waals surface area contributed by atoms with E-state index in [1.807, 2.05) is 0 Å². The van der Waals surface area contributed by atoms with Gasteiger partial charge in [-0.05, 0) is 35.8 Å². The van der Waals surface area contributed by atoms with Crippen LogP contribution in [-0.2, 0) is 6.42 Å². The van der Waals surface area contributed by atoms with Crippen molar-refractivity contribution in [3.8, 4) is 0 Å². The first-order valence-electron chi connectivity index (χ1n) is 7.24. The van der Waals surface area contributed by atoms with Gasteiger partial charge < -0.3 is 0 Å². The van der Waals surface area contributed by atoms with Gasteiger partial charge in [-0.3, -0.25) is 11.3 Å². The molecule has 0 radical (unpaired) electrons. The fraction of sp³-hybridized carbons (Fsp3) is 0.625. The molecule has 1 unspecified atom stereocenters. The van der Waals surface area contributed by atoms with Crippen LogP contribution in [0.1, 0.15) is 63.1 Å². The van der Waals surface area contributed by atoms with E-state index in [-0.39, 0.29) is 6.04 Å². The van der Waals surface area contributed by atoms with Crippen molar-refractivity contribution in [1.82, 2.24) is 5.43 Å². The molecule has 1 fully saturated rings. The molecule has 1 aromatic rings. The molecule has 2 nitrogen and oxygen atoms in total. The van der Waals surface area contributed by atoms with Crippen molar-refractivity contribution in [2.75, 3.05) is 0 Å². The molecule has 18 heavy (non-hydrogen) atoms. The van der Waals surface area contributed by atoms with Gasteiger partial charge in [-0.1, -0.05) is 57.4 Å². The standard InChI is InChI=1S/C16H26N2/c1-3-7-13-8-6-9-14(12-13)15(18-17)16(2)10-4-5-11-16/h6,8-9,12,15,18H,3-5,7,10-11,17H2,1-2H3. The summed E-state index contributed by atoms with van der Waals surface area (Å²) in [7, 11) is 0. The van der Waals surface area contributed by atoms with Gasteiger partial charge in [-0.15, -0.1) is 0 Å². The van der Waals surface area contributed by atoms with Crippen LogP contribution >= 0.6 is 0 Å². The molecule has 2 heteroatoms. The van der Waals surface area contributed by atoms with Crippen LogP contribution in [0.15, 0.2) is 24.3 Å². The number of hydrogen-bond acceptors (Lipinski definition) is 2. The lowest BCUT2D eigenvalue weighted by Crippen LogP contribution is -2.38. The Hall–Kier alpha value is -0.860. The van der Waals surface area contributed by atoms with E-state index in [0.29, 0.717) is 5.41 Å². The second-order valence-electron chi connectivity index (χ2n) is 5.96. The van der Waals surface area contributed by atoms with E-state index in [1.54, 1.807) is 0 Å². The van der Waals surface area contributed by atoms with Crippen LogP contribution < -0.4 is 11.3 Å². The molecule has 0 amide bonds. The maximum atomic E-state index is 5.84. The van der Waals surface area contributed by atoms with Gasteiger partial charge >= 0.3 is 0 Å². The quantitative estimate of drug-likeness (QED) is 0.614. The van der Waals surface area contributed by atoms with Crippen LogP contribution in [0.5, 0.6) is 0 Å². The van der Waals surface area contributed by atoms with Crippen molar-refractivity contribution in [2.45, 2.75) is 58.4 Å². The highest BCUT2D eigenvalue weighted by atomic mass is 15.2. The zero-order valence-electron chi connectivity index (χ0n) is 11.7. The second kappa shape index (κ2) is 5.85. The molecule has 0 bridgehead atoms. The van der Waals surface area contributed by atoms with Crippen molar-refractivity contribution >= 4 is 0 Å². The van der Waals surface area contributed by atoms with Crippen molar-refractivity contribution in [1.29, 1.82) is 0 Å². The van der Waals surface area contributed by atoms with Gasteiger partial charge in [0.15, 0.2) is 0 Å². The third kappa shape index (κ3) is 2.76. The summed E-state index contributed by atoms with van der Waals surface area (Å²) in [5.41, 5.74) is 6.17. The SMILES string of the molecule is CCCc1cccc(C(NN)C2(C)CCCC2)c1. The highest BCUT2D eigenvalue weighted by molar-refractivity contribution is 5.28. The number of hydrazine groups is 1. The molecule has 0 aliphatic heterocycles. The molecule has 0 spiro atoms. The first-order chi connectivity index (χ1) is 8.69. The Kier molecular flexibility index (Phi) is 4.41. The van der Waals surface area contributed by atoms with Crippen LogP contribution in [0.2, 0.25) is 0 Å². The minimum atomic E-state index is 0.289. The lowest BCUT2D eigenvalue weighted by Gasteiger charge is -2.34. The van der Waals surface area contributed by atoms with Crippen LogP contribution in [0.25, 0.3) is 0 Å². The summed E-state index contributed by atoms with van der Waals surface area (Å²) in [5.74, 6) is 5.84. The molecule has 1 aromatic carbocycles. The Labute approximate surface area is 111 Å². The monoisotopic (exact) mass is 246 g/mol. The number of hydrogen-bond donors (Lipinski definition) is 2. The number of rotatable bonds is 5. The fourth-order valence-corrected chi connectivity index (χ4v) is 3.39. The maximum absolute atomic E-state index is 5.84. The normalized spacial score (nSPS) is 19.9. The highest BCUT2D eigenvalue weighted by Crippen LogP contribution is 2.46. The molecule has 1 atom stereocenters. The molecule has 0 heterocycles. The molecule has 0 aromatic heterocycles. The van der Waals surface area contributed by atoms with Crippen LogP contribution in [0, 0.1) is 5.41 Å². The first-order valence-corrected chi connectivity index (χ1v) is 7.24. The third-order valence-electron chi connectivity index (χ3n) is 4.43. The molecule has 3 N–H and O–H groups in total. The highest BCUT2D eigenvalue weighted by Gasteiger charge is 2.37. The van der Waals surface area contributed by atoms with E-state index in [1.165, 1.54) is 43.2 Å². The minimum absolute atomic E-state index is 0.289. The van der Waals surface area contributed by atoms with E-state index in [9.17, 15) is 0 Å². The zero-order chi connectivity index (χ0) is 13.0. The molecule has 1 aliphatic carbocycles. The zero-order valence-corrected chi connectivity index (χ0v) is 11.7. The number of nitrogens with two attached hydrogens (primary N) is 1. The summed E-state index contributed by atoms with van der Waals surface area (Å²) in [6.07, 6.45) is 7.58. The summed E-state index contributed by atoms with van der Waals surface area (Å²) in [4.78, 5) is 0. The summed E-state index contributed by atoms with van der Waals surface area (Å²) in [6, 6.07) is 9.22. The second-order valence-corrected chi connectivity index (χ2v) is 5.96. The number of aryl methyl sites for hydroxylation is 1. The van der Waals surface area contributed by atoms with Gasteiger partial charge in [0.05, 0.1) is 6.04 Å². The van der Waals surface area contributed by atoms with Gasteiger partial charge in [0, 0.05) is 0 Å². The maximum Gasteiger partial charge on any atom is 0.0513 e. The van der Waals surface area contributed by atoms with Crippen molar-refractivity contribution in [2.24, 2.45) is 11.3 Å². The lowest BCUT2D eigenvalue weighted by atomic mass is 9.77. The summed E-state index contributed by atoms with van der Waals surface area (Å²) in [6.45, 7) is 4.60. The summed E-state index contributed by atoms with van der Waals surface area (Å²) < 4.78 is 0. The Morgan fingerprint density at radius 1 is 1.33 bits per heavy atom. The molecule has 2 rings (SSSR count). The number of benzene rings is 1. The molecule has 100 valence electrons. The van der Waals surface area contributed by atoms with Gasteiger partial charge in [-0.2, -0.15) is 0 Å². The Bertz CT molecular complexity index is 380. The van der Waals surface area contributed by atoms with E-state index in [0.717, 1.165) is 6.42 Å². The molecular formula is C16H26N2. The van der Waals surface area contributed by atoms with Crippen molar-refractivity contribution in [3.63, 3.8) is 0 Å². The van der Waals surface area contributed by atoms with Gasteiger partial charge in [0.25, 0.3) is 0 Å². The van der Waals surface area contributed by atoms with E-state index in [4.69, 9.17) is 5.84 Å². The van der Waals surface area contributed by atoms with Crippen LogP contribution in [-0.4, -0.2) is 0 Å². The van der Waals surface area contributed by atoms with E-state index < -0.39 is 0 Å². The minimum Gasteiger partial charge on any atom is -0.271 e. The fourth-order valence-electron chi connectivity index (χ4n) is 3.39. The number of nitrogens with one attached hydrogen (secondary N) is 1. The molecular weight excluding hydrogens is 220 g/mol. The lowest BCUT2D eigenvalue weighted by molar-refractivity contribution is 0.225. The average Bonchev–Trinajstić information content (AvgIpc) is 2.79. The molecule has 1 saturated carbocycles. The first kappa shape index (κ1) is 13.6. The smallest absolute Gasteiger partial charge is 0.0513 e. The molecule has 0 saturated heterocycles. The Morgan fingerprint density at radius 3 is 2.67 bits per heavy atom. The van der Waals surface area contributed by atoms with Gasteiger partial charge in [-0.25, -0.2) is 0 Å². The van der Waals surface area contributed by atoms with E-state index in [2.05, 4.69) is 43.5 Å². The van der Waals surface area contributed by atoms with Gasteiger partial charge in [0.2, 0.25) is 0 Å². The van der Waals surface area contributed by atoms with Gasteiger partial charge in [0.1, 0.15) is 0 Å². The summed E-state index contributed by atoms with van der Waals surface area (Å²) in [5, 5.41) is 0. The van der Waals surface area contributed by atoms with Crippen molar-refractivity contribution in [3.05, 3.63) is 35.4 Å². The van der Waals surface area contributed by atoms with Crippen molar-refractivity contribution < 1.29 is 0 Å². The predicted octanol–water partition coefficient (Wildman–Crippen LogP) is 3.72. The third-order valence-corrected chi connectivity index (χ3v) is 4.43.